The summed E-state index contributed by atoms with van der Waals surface area (Å²) in [5.74, 6) is -2.95. The first-order valence-electron chi connectivity index (χ1n) is 3.86. The van der Waals surface area contributed by atoms with Crippen molar-refractivity contribution in [1.29, 1.82) is 0 Å². The number of carboxylic acids is 1. The first-order chi connectivity index (χ1) is 5.83. The van der Waals surface area contributed by atoms with Gasteiger partial charge in [0.05, 0.1) is 0 Å². The molecule has 0 saturated carbocycles. The fourth-order valence-corrected chi connectivity index (χ4v) is 0.734. The van der Waals surface area contributed by atoms with Gasteiger partial charge < -0.3 is 15.9 Å². The van der Waals surface area contributed by atoms with Gasteiger partial charge in [-0.1, -0.05) is 0 Å². The van der Waals surface area contributed by atoms with Gasteiger partial charge in [0, 0.05) is 6.54 Å². The summed E-state index contributed by atoms with van der Waals surface area (Å²) in [6.07, 6.45) is 0.780. The second-order valence-electron chi connectivity index (χ2n) is 2.84. The van der Waals surface area contributed by atoms with Crippen molar-refractivity contribution < 1.29 is 15.0 Å². The molecule has 0 aliphatic carbocycles. The SMILES string of the molecule is NC(CCCNC(N)(N)O)C(=O)O. The molecule has 78 valence electrons. The van der Waals surface area contributed by atoms with Gasteiger partial charge in [-0.15, -0.1) is 0 Å². The number of carbonyl (C=O) groups is 1. The van der Waals surface area contributed by atoms with Gasteiger partial charge in [0.2, 0.25) is 5.97 Å². The molecule has 0 amide bonds. The highest BCUT2D eigenvalue weighted by Gasteiger charge is 2.13. The van der Waals surface area contributed by atoms with E-state index in [1.165, 1.54) is 0 Å². The Hall–Kier alpha value is -0.730. The van der Waals surface area contributed by atoms with Crippen LogP contribution in [0.4, 0.5) is 0 Å². The van der Waals surface area contributed by atoms with E-state index in [1.54, 1.807) is 0 Å². The van der Waals surface area contributed by atoms with Gasteiger partial charge in [-0.3, -0.25) is 21.6 Å². The van der Waals surface area contributed by atoms with Gasteiger partial charge in [0.25, 0.3) is 0 Å². The summed E-state index contributed by atoms with van der Waals surface area (Å²) in [5, 5.41) is 19.6. The summed E-state index contributed by atoms with van der Waals surface area (Å²) < 4.78 is 0. The van der Waals surface area contributed by atoms with Crippen molar-refractivity contribution in [3.8, 4) is 0 Å². The standard InChI is InChI=1S/C6H16N4O3/c7-4(5(11)12)2-1-3-10-6(8,9)13/h4,10,13H,1-3,7-9H2,(H,11,12). The third kappa shape index (κ3) is 7.62. The van der Waals surface area contributed by atoms with Crippen LogP contribution < -0.4 is 22.5 Å². The van der Waals surface area contributed by atoms with Gasteiger partial charge in [0.15, 0.2) is 0 Å². The van der Waals surface area contributed by atoms with E-state index in [4.69, 9.17) is 27.4 Å². The Labute approximate surface area is 75.9 Å². The van der Waals surface area contributed by atoms with Crippen LogP contribution in [0.15, 0.2) is 0 Å². The lowest BCUT2D eigenvalue weighted by molar-refractivity contribution is -0.138. The highest BCUT2D eigenvalue weighted by atomic mass is 16.4. The van der Waals surface area contributed by atoms with Crippen LogP contribution in [0.1, 0.15) is 12.8 Å². The summed E-state index contributed by atoms with van der Waals surface area (Å²) in [6, 6.07) is -0.884. The predicted molar refractivity (Wildman–Crippen MR) is 46.2 cm³/mol. The molecule has 13 heavy (non-hydrogen) atoms. The van der Waals surface area contributed by atoms with Crippen LogP contribution in [0.3, 0.4) is 0 Å². The predicted octanol–water partition coefficient (Wildman–Crippen LogP) is -2.71. The third-order valence-corrected chi connectivity index (χ3v) is 1.42. The molecule has 0 saturated heterocycles. The van der Waals surface area contributed by atoms with Crippen LogP contribution >= 0.6 is 0 Å². The summed E-state index contributed by atoms with van der Waals surface area (Å²) >= 11 is 0. The summed E-state index contributed by atoms with van der Waals surface area (Å²) in [5.41, 5.74) is 15.2. The van der Waals surface area contributed by atoms with E-state index in [-0.39, 0.29) is 0 Å². The molecule has 1 atom stereocenters. The summed E-state index contributed by atoms with van der Waals surface area (Å²) in [4.78, 5) is 10.2. The van der Waals surface area contributed by atoms with Crippen LogP contribution in [-0.2, 0) is 4.79 Å². The van der Waals surface area contributed by atoms with Crippen LogP contribution in [-0.4, -0.2) is 34.7 Å². The van der Waals surface area contributed by atoms with Crippen LogP contribution in [0, 0.1) is 0 Å². The fraction of sp³-hybridized carbons (Fsp3) is 0.833. The molecule has 7 nitrogen and oxygen atoms in total. The number of aliphatic hydroxyl groups is 1. The number of rotatable bonds is 6. The zero-order valence-electron chi connectivity index (χ0n) is 7.23. The number of nitrogens with two attached hydrogens (primary N) is 3. The van der Waals surface area contributed by atoms with Gasteiger partial charge in [-0.05, 0) is 12.8 Å². The van der Waals surface area contributed by atoms with Gasteiger partial charge in [0.1, 0.15) is 6.04 Å². The molecule has 0 rings (SSSR count). The quantitative estimate of drug-likeness (QED) is 0.198. The largest absolute Gasteiger partial charge is 0.480 e. The molecule has 9 N–H and O–H groups in total. The maximum atomic E-state index is 10.2. The Kier molecular flexibility index (Phi) is 4.81. The first-order valence-corrected chi connectivity index (χ1v) is 3.86. The number of nitrogens with one attached hydrogen (secondary N) is 1. The van der Waals surface area contributed by atoms with Crippen molar-refractivity contribution in [2.45, 2.75) is 24.9 Å². The first kappa shape index (κ1) is 12.3. The van der Waals surface area contributed by atoms with Crippen molar-refractivity contribution >= 4 is 5.97 Å². The molecule has 0 radical (unpaired) electrons. The lowest BCUT2D eigenvalue weighted by Crippen LogP contribution is -2.61. The molecule has 0 aromatic carbocycles. The monoisotopic (exact) mass is 192 g/mol. The molecule has 1 unspecified atom stereocenters. The average Bonchev–Trinajstić information content (AvgIpc) is 1.95. The second-order valence-corrected chi connectivity index (χ2v) is 2.84. The Balaban J connectivity index is 3.41. The van der Waals surface area contributed by atoms with E-state index < -0.39 is 18.0 Å². The summed E-state index contributed by atoms with van der Waals surface area (Å²) in [7, 11) is 0. The maximum Gasteiger partial charge on any atom is 0.320 e. The molecule has 0 aliphatic heterocycles. The van der Waals surface area contributed by atoms with E-state index >= 15 is 0 Å². The van der Waals surface area contributed by atoms with E-state index in [0.717, 1.165) is 0 Å². The molecular weight excluding hydrogens is 176 g/mol. The van der Waals surface area contributed by atoms with E-state index in [9.17, 15) is 4.79 Å². The van der Waals surface area contributed by atoms with E-state index in [0.29, 0.717) is 19.4 Å². The zero-order chi connectivity index (χ0) is 10.5. The van der Waals surface area contributed by atoms with E-state index in [1.807, 2.05) is 0 Å². The number of hydrogen-bond acceptors (Lipinski definition) is 6. The molecule has 0 spiro atoms. The van der Waals surface area contributed by atoms with Gasteiger partial charge in [-0.25, -0.2) is 0 Å². The van der Waals surface area contributed by atoms with E-state index in [2.05, 4.69) is 5.32 Å². The minimum Gasteiger partial charge on any atom is -0.480 e. The Morgan fingerprint density at radius 3 is 2.46 bits per heavy atom. The number of aliphatic carboxylic acids is 1. The summed E-state index contributed by atoms with van der Waals surface area (Å²) in [6.45, 7) is 0.310. The van der Waals surface area contributed by atoms with Crippen molar-refractivity contribution in [3.05, 3.63) is 0 Å². The molecule has 0 bridgehead atoms. The highest BCUT2D eigenvalue weighted by molar-refractivity contribution is 5.72. The minimum absolute atomic E-state index is 0.304. The van der Waals surface area contributed by atoms with Gasteiger partial charge >= 0.3 is 5.97 Å². The van der Waals surface area contributed by atoms with Crippen molar-refractivity contribution in [3.63, 3.8) is 0 Å². The molecule has 0 heterocycles. The Morgan fingerprint density at radius 1 is 1.54 bits per heavy atom. The lowest BCUT2D eigenvalue weighted by atomic mass is 10.2. The average molecular weight is 192 g/mol. The molecular formula is C6H16N4O3. The van der Waals surface area contributed by atoms with Crippen LogP contribution in [0.5, 0.6) is 0 Å². The van der Waals surface area contributed by atoms with Gasteiger partial charge in [-0.2, -0.15) is 0 Å². The van der Waals surface area contributed by atoms with Crippen LogP contribution in [0.2, 0.25) is 0 Å². The fourth-order valence-electron chi connectivity index (χ4n) is 0.734. The zero-order valence-corrected chi connectivity index (χ0v) is 7.23. The molecule has 0 aliphatic rings. The smallest absolute Gasteiger partial charge is 0.320 e. The third-order valence-electron chi connectivity index (χ3n) is 1.42. The topological polar surface area (TPSA) is 148 Å². The van der Waals surface area contributed by atoms with Crippen molar-refractivity contribution in [1.82, 2.24) is 5.32 Å². The lowest BCUT2D eigenvalue weighted by Gasteiger charge is -2.18. The normalized spacial score (nSPS) is 14.2. The van der Waals surface area contributed by atoms with Crippen LogP contribution in [0.25, 0.3) is 0 Å². The second kappa shape index (κ2) is 5.10. The number of carboxylic acid groups (broad SMARTS) is 1. The molecule has 0 aromatic heterocycles. The molecule has 7 heteroatoms. The Morgan fingerprint density at radius 2 is 2.08 bits per heavy atom. The maximum absolute atomic E-state index is 10.2. The minimum atomic E-state index is -1.91. The molecule has 0 fully saturated rings. The number of hydrogen-bond donors (Lipinski definition) is 6. The molecule has 0 aromatic rings. The Bertz CT molecular complexity index is 168. The van der Waals surface area contributed by atoms with Crippen molar-refractivity contribution in [2.75, 3.05) is 6.54 Å². The highest BCUT2D eigenvalue weighted by Crippen LogP contribution is 1.93. The van der Waals surface area contributed by atoms with Crippen molar-refractivity contribution in [2.24, 2.45) is 17.2 Å².